The van der Waals surface area contributed by atoms with Crippen LogP contribution in [0.1, 0.15) is 79.8 Å². The molecular weight excluding hydrogens is 674 g/mol. The van der Waals surface area contributed by atoms with Crippen molar-refractivity contribution in [1.82, 2.24) is 4.90 Å². The molecule has 3 aliphatic rings. The summed E-state index contributed by atoms with van der Waals surface area (Å²) >= 11 is 0. The summed E-state index contributed by atoms with van der Waals surface area (Å²) in [5.41, 5.74) is -0.974. The number of nitrogens with zero attached hydrogens (tertiary/aromatic N) is 1. The molecule has 0 amide bonds. The first-order valence-electron chi connectivity index (χ1n) is 17.4. The molecule has 1 aromatic rings. The first-order chi connectivity index (χ1) is 24.1. The third-order valence-corrected chi connectivity index (χ3v) is 11.0. The molecule has 2 fully saturated rings. The SMILES string of the molecule is C=C1[C@@H](OC(=O)[C@H](O)[C@H](c2ccccc2)N(C)C)C[C@H](OC(C)=O)[C@]2(C)[C@@H]1C[C@@H]1[C@@H](OC(C)=O)[C@H](OC(C)=O)C(C)=C(C(=O)[C@@H]2OC(C)=O)C1(C)C. The number of carbonyl (C=O) groups excluding carboxylic acids is 6. The van der Waals surface area contributed by atoms with Crippen LogP contribution < -0.4 is 0 Å². The van der Waals surface area contributed by atoms with Gasteiger partial charge < -0.3 is 28.8 Å². The van der Waals surface area contributed by atoms with Crippen molar-refractivity contribution >= 4 is 35.6 Å². The number of fused-ring (bicyclic) bond motifs is 3. The number of hydrogen-bond donors (Lipinski definition) is 1. The van der Waals surface area contributed by atoms with E-state index in [1.165, 1.54) is 20.8 Å². The molecule has 10 atom stereocenters. The second-order valence-corrected chi connectivity index (χ2v) is 15.1. The zero-order valence-electron chi connectivity index (χ0n) is 31.6. The molecule has 1 aromatic carbocycles. The van der Waals surface area contributed by atoms with Crippen LogP contribution in [0.15, 0.2) is 53.6 Å². The maximum atomic E-state index is 15.0. The molecule has 0 heterocycles. The summed E-state index contributed by atoms with van der Waals surface area (Å²) in [6, 6.07) is 8.18. The molecular formula is C39H51NO12. The summed E-state index contributed by atoms with van der Waals surface area (Å²) in [4.78, 5) is 80.9. The number of aliphatic hydroxyl groups excluding tert-OH is 1. The Kier molecular flexibility index (Phi) is 11.9. The van der Waals surface area contributed by atoms with Gasteiger partial charge in [0.15, 0.2) is 18.3 Å². The molecule has 2 saturated carbocycles. The maximum Gasteiger partial charge on any atom is 0.337 e. The monoisotopic (exact) mass is 725 g/mol. The Morgan fingerprint density at radius 2 is 1.40 bits per heavy atom. The highest BCUT2D eigenvalue weighted by Gasteiger charge is 2.65. The molecule has 0 aromatic heterocycles. The number of ether oxygens (including phenoxy) is 5. The van der Waals surface area contributed by atoms with Crippen molar-refractivity contribution in [2.24, 2.45) is 22.7 Å². The summed E-state index contributed by atoms with van der Waals surface area (Å²) in [7, 11) is 3.44. The van der Waals surface area contributed by atoms with E-state index < -0.39 is 101 Å². The van der Waals surface area contributed by atoms with Gasteiger partial charge in [0.25, 0.3) is 0 Å². The summed E-state index contributed by atoms with van der Waals surface area (Å²) < 4.78 is 29.4. The molecule has 0 saturated heterocycles. The van der Waals surface area contributed by atoms with Crippen LogP contribution in [-0.4, -0.2) is 96.4 Å². The van der Waals surface area contributed by atoms with Crippen molar-refractivity contribution < 1.29 is 57.6 Å². The van der Waals surface area contributed by atoms with Crippen LogP contribution in [0.4, 0.5) is 0 Å². The average Bonchev–Trinajstić information content (AvgIpc) is 3.02. The Labute approximate surface area is 304 Å². The topological polar surface area (TPSA) is 172 Å². The number of likely N-dealkylation sites (N-methyl/N-ethyl adjacent to an activating group) is 1. The van der Waals surface area contributed by atoms with Gasteiger partial charge >= 0.3 is 29.8 Å². The van der Waals surface area contributed by atoms with Gasteiger partial charge in [-0.3, -0.25) is 28.9 Å². The van der Waals surface area contributed by atoms with Crippen molar-refractivity contribution in [2.45, 2.75) is 111 Å². The molecule has 3 aliphatic carbocycles. The molecule has 0 spiro atoms. The lowest BCUT2D eigenvalue weighted by Crippen LogP contribution is -2.65. The van der Waals surface area contributed by atoms with Crippen LogP contribution in [0.25, 0.3) is 0 Å². The Bertz CT molecular complexity index is 1650. The maximum absolute atomic E-state index is 15.0. The minimum absolute atomic E-state index is 0.0819. The number of hydrogen-bond acceptors (Lipinski definition) is 13. The number of rotatable bonds is 9. The van der Waals surface area contributed by atoms with E-state index in [2.05, 4.69) is 6.58 Å². The zero-order chi connectivity index (χ0) is 39.0. The normalized spacial score (nSPS) is 30.9. The van der Waals surface area contributed by atoms with E-state index in [-0.39, 0.29) is 18.4 Å². The smallest absolute Gasteiger partial charge is 0.337 e. The van der Waals surface area contributed by atoms with Gasteiger partial charge in [-0.05, 0) is 55.5 Å². The van der Waals surface area contributed by atoms with Crippen molar-refractivity contribution in [3.8, 4) is 0 Å². The number of ketones is 1. The fraction of sp³-hybridized carbons (Fsp3) is 0.590. The Hall–Kier alpha value is -4.36. The van der Waals surface area contributed by atoms with E-state index in [0.717, 1.165) is 6.92 Å². The van der Waals surface area contributed by atoms with Gasteiger partial charge in [-0.2, -0.15) is 0 Å². The fourth-order valence-electron chi connectivity index (χ4n) is 8.78. The summed E-state index contributed by atoms with van der Waals surface area (Å²) in [6.07, 6.45) is -7.74. The Balaban J connectivity index is 1.90. The molecule has 4 rings (SSSR count). The summed E-state index contributed by atoms with van der Waals surface area (Å²) in [5.74, 6) is -5.91. The quantitative estimate of drug-likeness (QED) is 0.222. The van der Waals surface area contributed by atoms with E-state index in [9.17, 15) is 33.9 Å². The van der Waals surface area contributed by atoms with Gasteiger partial charge in [0.05, 0.1) is 11.5 Å². The van der Waals surface area contributed by atoms with Crippen LogP contribution in [0.2, 0.25) is 0 Å². The van der Waals surface area contributed by atoms with Gasteiger partial charge in [0, 0.05) is 45.6 Å². The lowest BCUT2D eigenvalue weighted by atomic mass is 9.49. The van der Waals surface area contributed by atoms with Crippen LogP contribution in [-0.2, 0) is 52.5 Å². The van der Waals surface area contributed by atoms with E-state index in [0.29, 0.717) is 16.7 Å². The van der Waals surface area contributed by atoms with Crippen molar-refractivity contribution in [3.05, 3.63) is 59.2 Å². The number of esters is 5. The van der Waals surface area contributed by atoms with E-state index in [1.54, 1.807) is 71.0 Å². The van der Waals surface area contributed by atoms with Crippen molar-refractivity contribution in [3.63, 3.8) is 0 Å². The molecule has 284 valence electrons. The zero-order valence-corrected chi connectivity index (χ0v) is 31.6. The highest BCUT2D eigenvalue weighted by atomic mass is 16.6. The first-order valence-corrected chi connectivity index (χ1v) is 17.4. The molecule has 52 heavy (non-hydrogen) atoms. The molecule has 0 aliphatic heterocycles. The second-order valence-electron chi connectivity index (χ2n) is 15.1. The molecule has 0 unspecified atom stereocenters. The van der Waals surface area contributed by atoms with Crippen LogP contribution in [0.3, 0.4) is 0 Å². The number of benzene rings is 1. The lowest BCUT2D eigenvalue weighted by molar-refractivity contribution is -0.201. The van der Waals surface area contributed by atoms with E-state index in [1.807, 2.05) is 6.07 Å². The van der Waals surface area contributed by atoms with E-state index >= 15 is 0 Å². The van der Waals surface area contributed by atoms with Gasteiger partial charge in [0.2, 0.25) is 5.78 Å². The van der Waals surface area contributed by atoms with Crippen LogP contribution in [0.5, 0.6) is 0 Å². The van der Waals surface area contributed by atoms with Crippen LogP contribution >= 0.6 is 0 Å². The number of Topliss-reactive ketones (excluding diaryl/α,β-unsaturated/α-hetero) is 1. The minimum atomic E-state index is -1.64. The van der Waals surface area contributed by atoms with Crippen molar-refractivity contribution in [1.29, 1.82) is 0 Å². The first kappa shape index (κ1) is 40.4. The standard InChI is InChI=1S/C39H51NO12/c1-19-26-17-27-35(50-23(5)43)34(49-22(4)42)20(2)30(38(27,7)8)32(45)36(51-24(6)44)39(26,9)29(48-21(3)41)18-28(19)52-37(47)33(46)31(40(10)11)25-15-13-12-14-16-25/h12-16,26-29,31,33-36,46H,1,17-18H2,2-11H3/t26-,27-,28+,29+,31+,33-,34-,35-,36+,39+/m1/s1. The molecule has 0 radical (unpaired) electrons. The second kappa shape index (κ2) is 15.3. The number of carbonyl (C=O) groups is 6. The van der Waals surface area contributed by atoms with Gasteiger partial charge in [-0.25, -0.2) is 4.79 Å². The minimum Gasteiger partial charge on any atom is -0.462 e. The van der Waals surface area contributed by atoms with Crippen LogP contribution in [0, 0.1) is 22.7 Å². The molecule has 1 N–H and O–H groups in total. The summed E-state index contributed by atoms with van der Waals surface area (Å²) in [5, 5.41) is 11.4. The van der Waals surface area contributed by atoms with Gasteiger partial charge in [0.1, 0.15) is 18.3 Å². The molecule has 2 bridgehead atoms. The lowest BCUT2D eigenvalue weighted by Gasteiger charge is -2.58. The van der Waals surface area contributed by atoms with Crippen molar-refractivity contribution in [2.75, 3.05) is 14.1 Å². The third-order valence-electron chi connectivity index (χ3n) is 11.0. The van der Waals surface area contributed by atoms with Gasteiger partial charge in [-0.15, -0.1) is 0 Å². The summed E-state index contributed by atoms with van der Waals surface area (Å²) in [6.45, 7) is 16.0. The average molecular weight is 726 g/mol. The molecule has 13 heteroatoms. The fourth-order valence-corrected chi connectivity index (χ4v) is 8.78. The predicted octanol–water partition coefficient (Wildman–Crippen LogP) is 3.82. The Morgan fingerprint density at radius 3 is 1.92 bits per heavy atom. The highest BCUT2D eigenvalue weighted by molar-refractivity contribution is 6.03. The number of aliphatic hydroxyl groups is 1. The molecule has 13 nitrogen and oxygen atoms in total. The Morgan fingerprint density at radius 1 is 0.846 bits per heavy atom. The van der Waals surface area contributed by atoms with Gasteiger partial charge in [-0.1, -0.05) is 57.7 Å². The highest BCUT2D eigenvalue weighted by Crippen LogP contribution is 2.60. The predicted molar refractivity (Wildman–Crippen MR) is 186 cm³/mol. The third kappa shape index (κ3) is 7.57. The van der Waals surface area contributed by atoms with E-state index in [4.69, 9.17) is 23.7 Å². The largest absolute Gasteiger partial charge is 0.462 e.